The lowest BCUT2D eigenvalue weighted by Crippen LogP contribution is -2.36. The normalized spacial score (nSPS) is 10.5. The van der Waals surface area contributed by atoms with Crippen molar-refractivity contribution in [2.75, 3.05) is 11.9 Å². The number of carbonyl (C=O) groups excluding carboxylic acids is 1. The Morgan fingerprint density at radius 3 is 2.54 bits per heavy atom. The van der Waals surface area contributed by atoms with Crippen molar-refractivity contribution in [3.63, 3.8) is 0 Å². The first-order valence-corrected chi connectivity index (χ1v) is 8.96. The number of aryl methyl sites for hydroxylation is 1. The molecule has 0 spiro atoms. The maximum absolute atomic E-state index is 12.8. The molecular formula is C22H24N2O2. The minimum atomic E-state index is -0.120. The average molecular weight is 348 g/mol. The molecule has 0 bridgehead atoms. The van der Waals surface area contributed by atoms with Crippen LogP contribution in [-0.2, 0) is 19.4 Å². The molecule has 0 aliphatic carbocycles. The summed E-state index contributed by atoms with van der Waals surface area (Å²) in [5.41, 5.74) is 3.22. The molecule has 0 atom stereocenters. The van der Waals surface area contributed by atoms with Crippen LogP contribution in [-0.4, -0.2) is 17.5 Å². The van der Waals surface area contributed by atoms with Crippen LogP contribution in [0.25, 0.3) is 0 Å². The highest BCUT2D eigenvalue weighted by atomic mass is 16.3. The molecule has 2 aromatic carbocycles. The standard InChI is InChI=1S/C22H24N2O2/c1-2-18-10-6-11-20(16-18)23-22(25)24(17-21-12-7-15-26-21)14-13-19-8-4-3-5-9-19/h3-12,15-16H,2,13-14,17H2,1H3,(H,23,25). The number of nitrogens with one attached hydrogen (secondary N) is 1. The smallest absolute Gasteiger partial charge is 0.322 e. The number of anilines is 1. The van der Waals surface area contributed by atoms with E-state index in [9.17, 15) is 4.79 Å². The molecule has 134 valence electrons. The van der Waals surface area contributed by atoms with Crippen LogP contribution in [0.15, 0.2) is 77.4 Å². The van der Waals surface area contributed by atoms with E-state index in [1.165, 1.54) is 11.1 Å². The minimum absolute atomic E-state index is 0.120. The van der Waals surface area contributed by atoms with E-state index in [1.807, 2.05) is 48.5 Å². The summed E-state index contributed by atoms with van der Waals surface area (Å²) >= 11 is 0. The van der Waals surface area contributed by atoms with Crippen molar-refractivity contribution in [2.45, 2.75) is 26.3 Å². The summed E-state index contributed by atoms with van der Waals surface area (Å²) in [5.74, 6) is 0.774. The number of rotatable bonds is 7. The third kappa shape index (κ3) is 4.99. The molecule has 3 rings (SSSR count). The van der Waals surface area contributed by atoms with Crippen LogP contribution in [0.1, 0.15) is 23.8 Å². The molecule has 2 amide bonds. The Balaban J connectivity index is 1.69. The van der Waals surface area contributed by atoms with E-state index in [2.05, 4.69) is 30.4 Å². The second kappa shape index (κ2) is 8.90. The number of nitrogens with zero attached hydrogens (tertiary/aromatic N) is 1. The molecule has 4 nitrogen and oxygen atoms in total. The van der Waals surface area contributed by atoms with Crippen molar-refractivity contribution in [3.05, 3.63) is 89.9 Å². The van der Waals surface area contributed by atoms with Crippen LogP contribution < -0.4 is 5.32 Å². The second-order valence-corrected chi connectivity index (χ2v) is 6.22. The lowest BCUT2D eigenvalue weighted by Gasteiger charge is -2.22. The average Bonchev–Trinajstić information content (AvgIpc) is 3.19. The molecule has 1 aromatic heterocycles. The largest absolute Gasteiger partial charge is 0.467 e. The molecule has 3 aromatic rings. The van der Waals surface area contributed by atoms with Gasteiger partial charge in [-0.15, -0.1) is 0 Å². The molecule has 4 heteroatoms. The number of urea groups is 1. The summed E-state index contributed by atoms with van der Waals surface area (Å²) in [6.07, 6.45) is 3.37. The Morgan fingerprint density at radius 1 is 1.00 bits per heavy atom. The zero-order valence-electron chi connectivity index (χ0n) is 15.0. The molecule has 0 fully saturated rings. The maximum atomic E-state index is 12.8. The van der Waals surface area contributed by atoms with Crippen molar-refractivity contribution >= 4 is 11.7 Å². The third-order valence-electron chi connectivity index (χ3n) is 4.31. The number of carbonyl (C=O) groups is 1. The molecule has 26 heavy (non-hydrogen) atoms. The Labute approximate surface area is 154 Å². The molecule has 0 saturated carbocycles. The maximum Gasteiger partial charge on any atom is 0.322 e. The van der Waals surface area contributed by atoms with E-state index in [4.69, 9.17) is 4.42 Å². The SMILES string of the molecule is CCc1cccc(NC(=O)N(CCc2ccccc2)Cc2ccco2)c1. The molecule has 0 aliphatic rings. The molecule has 0 aliphatic heterocycles. The number of hydrogen-bond acceptors (Lipinski definition) is 2. The highest BCUT2D eigenvalue weighted by Crippen LogP contribution is 2.14. The summed E-state index contributed by atoms with van der Waals surface area (Å²) in [6, 6.07) is 21.8. The fraction of sp³-hybridized carbons (Fsp3) is 0.227. The molecule has 0 radical (unpaired) electrons. The third-order valence-corrected chi connectivity index (χ3v) is 4.31. The van der Waals surface area contributed by atoms with Crippen molar-refractivity contribution in [3.8, 4) is 0 Å². The summed E-state index contributed by atoms with van der Waals surface area (Å²) < 4.78 is 5.43. The van der Waals surface area contributed by atoms with Crippen LogP contribution in [0.4, 0.5) is 10.5 Å². The summed E-state index contributed by atoms with van der Waals surface area (Å²) in [6.45, 7) is 3.16. The summed E-state index contributed by atoms with van der Waals surface area (Å²) in [7, 11) is 0. The zero-order chi connectivity index (χ0) is 18.2. The number of benzene rings is 2. The number of amides is 2. The van der Waals surface area contributed by atoms with E-state index in [1.54, 1.807) is 11.2 Å². The van der Waals surface area contributed by atoms with Crippen molar-refractivity contribution in [1.29, 1.82) is 0 Å². The monoisotopic (exact) mass is 348 g/mol. The fourth-order valence-electron chi connectivity index (χ4n) is 2.82. The van der Waals surface area contributed by atoms with Gasteiger partial charge in [0.2, 0.25) is 0 Å². The zero-order valence-corrected chi connectivity index (χ0v) is 15.0. The van der Waals surface area contributed by atoms with E-state index < -0.39 is 0 Å². The lowest BCUT2D eigenvalue weighted by atomic mass is 10.1. The fourth-order valence-corrected chi connectivity index (χ4v) is 2.82. The Hall–Kier alpha value is -3.01. The minimum Gasteiger partial charge on any atom is -0.467 e. The van der Waals surface area contributed by atoms with Gasteiger partial charge in [0.05, 0.1) is 12.8 Å². The van der Waals surface area contributed by atoms with E-state index in [-0.39, 0.29) is 6.03 Å². The number of furan rings is 1. The Bertz CT molecular complexity index is 813. The quantitative estimate of drug-likeness (QED) is 0.644. The highest BCUT2D eigenvalue weighted by molar-refractivity contribution is 5.89. The van der Waals surface area contributed by atoms with Gasteiger partial charge in [0.15, 0.2) is 0 Å². The van der Waals surface area contributed by atoms with E-state index >= 15 is 0 Å². The van der Waals surface area contributed by atoms with Crippen LogP contribution in [0.2, 0.25) is 0 Å². The first-order valence-electron chi connectivity index (χ1n) is 8.96. The predicted octanol–water partition coefficient (Wildman–Crippen LogP) is 5.12. The molecular weight excluding hydrogens is 324 g/mol. The van der Waals surface area contributed by atoms with Gasteiger partial charge in [0, 0.05) is 12.2 Å². The van der Waals surface area contributed by atoms with Gasteiger partial charge in [-0.2, -0.15) is 0 Å². The molecule has 0 unspecified atom stereocenters. The summed E-state index contributed by atoms with van der Waals surface area (Å²) in [4.78, 5) is 14.6. The van der Waals surface area contributed by atoms with Crippen LogP contribution in [0, 0.1) is 0 Å². The van der Waals surface area contributed by atoms with Crippen molar-refractivity contribution in [2.24, 2.45) is 0 Å². The van der Waals surface area contributed by atoms with Gasteiger partial charge in [-0.05, 0) is 48.2 Å². The Morgan fingerprint density at radius 2 is 1.81 bits per heavy atom. The van der Waals surface area contributed by atoms with Crippen LogP contribution in [0.5, 0.6) is 0 Å². The van der Waals surface area contributed by atoms with E-state index in [0.717, 1.165) is 24.3 Å². The molecule has 0 saturated heterocycles. The topological polar surface area (TPSA) is 45.5 Å². The van der Waals surface area contributed by atoms with Crippen LogP contribution >= 0.6 is 0 Å². The van der Waals surface area contributed by atoms with Gasteiger partial charge in [0.25, 0.3) is 0 Å². The van der Waals surface area contributed by atoms with Crippen molar-refractivity contribution in [1.82, 2.24) is 4.90 Å². The van der Waals surface area contributed by atoms with Gasteiger partial charge in [-0.25, -0.2) is 4.79 Å². The summed E-state index contributed by atoms with van der Waals surface area (Å²) in [5, 5.41) is 3.01. The van der Waals surface area contributed by atoms with Crippen LogP contribution in [0.3, 0.4) is 0 Å². The van der Waals surface area contributed by atoms with Gasteiger partial charge in [-0.3, -0.25) is 0 Å². The van der Waals surface area contributed by atoms with Gasteiger partial charge >= 0.3 is 6.03 Å². The molecule has 1 heterocycles. The second-order valence-electron chi connectivity index (χ2n) is 6.22. The molecule has 1 N–H and O–H groups in total. The predicted molar refractivity (Wildman–Crippen MR) is 104 cm³/mol. The van der Waals surface area contributed by atoms with Gasteiger partial charge in [0.1, 0.15) is 5.76 Å². The van der Waals surface area contributed by atoms with Crippen molar-refractivity contribution < 1.29 is 9.21 Å². The number of hydrogen-bond donors (Lipinski definition) is 1. The first-order chi connectivity index (χ1) is 12.7. The lowest BCUT2D eigenvalue weighted by molar-refractivity contribution is 0.205. The Kier molecular flexibility index (Phi) is 6.09. The van der Waals surface area contributed by atoms with Gasteiger partial charge < -0.3 is 14.6 Å². The first kappa shape index (κ1) is 17.8. The van der Waals surface area contributed by atoms with E-state index in [0.29, 0.717) is 13.1 Å². The highest BCUT2D eigenvalue weighted by Gasteiger charge is 2.15. The van der Waals surface area contributed by atoms with Gasteiger partial charge in [-0.1, -0.05) is 49.4 Å².